The molecule has 138 valence electrons. The molecule has 0 aromatic heterocycles. The first-order chi connectivity index (χ1) is 12.9. The van der Waals surface area contributed by atoms with Crippen molar-refractivity contribution in [2.24, 2.45) is 4.99 Å². The highest BCUT2D eigenvalue weighted by Crippen LogP contribution is 2.35. The number of hydrogen-bond donors (Lipinski definition) is 0. The summed E-state index contributed by atoms with van der Waals surface area (Å²) in [5, 5.41) is 0.570. The second kappa shape index (κ2) is 8.37. The van der Waals surface area contributed by atoms with Gasteiger partial charge in [-0.05, 0) is 58.4 Å². The summed E-state index contributed by atoms with van der Waals surface area (Å²) in [4.78, 5) is 28.2. The SMILES string of the molecule is CCC(=O)Oc1c(Br)cc(Br)cc1/C=C1\N=C(c2ccc(Cl)cc2)OC1=O. The van der Waals surface area contributed by atoms with Crippen molar-refractivity contribution >= 4 is 67.4 Å². The lowest BCUT2D eigenvalue weighted by Crippen LogP contribution is -2.07. The van der Waals surface area contributed by atoms with Gasteiger partial charge in [0.05, 0.1) is 4.47 Å². The van der Waals surface area contributed by atoms with Gasteiger partial charge in [0.2, 0.25) is 5.90 Å². The van der Waals surface area contributed by atoms with Gasteiger partial charge < -0.3 is 9.47 Å². The minimum Gasteiger partial charge on any atom is -0.425 e. The molecule has 0 bridgehead atoms. The zero-order chi connectivity index (χ0) is 19.6. The van der Waals surface area contributed by atoms with Crippen molar-refractivity contribution in [1.29, 1.82) is 0 Å². The van der Waals surface area contributed by atoms with Gasteiger partial charge >= 0.3 is 11.9 Å². The summed E-state index contributed by atoms with van der Waals surface area (Å²) >= 11 is 12.6. The predicted octanol–water partition coefficient (Wildman–Crippen LogP) is 5.52. The molecule has 0 saturated carbocycles. The molecule has 2 aromatic carbocycles. The molecule has 27 heavy (non-hydrogen) atoms. The monoisotopic (exact) mass is 511 g/mol. The van der Waals surface area contributed by atoms with Crippen LogP contribution in [-0.4, -0.2) is 17.8 Å². The summed E-state index contributed by atoms with van der Waals surface area (Å²) in [5.74, 6) is -0.495. The van der Waals surface area contributed by atoms with Crippen LogP contribution in [0.4, 0.5) is 0 Å². The molecule has 0 spiro atoms. The van der Waals surface area contributed by atoms with Crippen molar-refractivity contribution in [2.45, 2.75) is 13.3 Å². The molecule has 1 aliphatic heterocycles. The molecule has 0 aliphatic carbocycles. The Bertz CT molecular complexity index is 984. The van der Waals surface area contributed by atoms with E-state index in [0.717, 1.165) is 4.47 Å². The third-order valence-electron chi connectivity index (χ3n) is 3.55. The molecule has 1 aliphatic rings. The third kappa shape index (κ3) is 4.66. The summed E-state index contributed by atoms with van der Waals surface area (Å²) < 4.78 is 11.9. The fourth-order valence-electron chi connectivity index (χ4n) is 2.25. The van der Waals surface area contributed by atoms with Crippen molar-refractivity contribution in [3.05, 3.63) is 67.2 Å². The van der Waals surface area contributed by atoms with Crippen LogP contribution in [0.15, 0.2) is 56.0 Å². The van der Waals surface area contributed by atoms with Gasteiger partial charge in [0.15, 0.2) is 11.4 Å². The van der Waals surface area contributed by atoms with E-state index in [4.69, 9.17) is 21.1 Å². The van der Waals surface area contributed by atoms with Crippen molar-refractivity contribution < 1.29 is 19.1 Å². The standard InChI is InChI=1S/C19H12Br2ClNO4/c1-2-16(24)26-17-11(7-12(20)9-14(17)21)8-15-19(25)27-18(23-15)10-3-5-13(22)6-4-10/h3-9H,2H2,1H3/b15-8-. The van der Waals surface area contributed by atoms with Crippen molar-refractivity contribution in [2.75, 3.05) is 0 Å². The van der Waals surface area contributed by atoms with E-state index in [9.17, 15) is 9.59 Å². The Kier molecular flexibility index (Phi) is 6.14. The average molecular weight is 514 g/mol. The van der Waals surface area contributed by atoms with Gasteiger partial charge in [0.1, 0.15) is 0 Å². The zero-order valence-electron chi connectivity index (χ0n) is 14.0. The van der Waals surface area contributed by atoms with E-state index in [1.807, 2.05) is 0 Å². The topological polar surface area (TPSA) is 65.0 Å². The Morgan fingerprint density at radius 3 is 2.63 bits per heavy atom. The largest absolute Gasteiger partial charge is 0.425 e. The summed E-state index contributed by atoms with van der Waals surface area (Å²) in [6.45, 7) is 1.70. The molecule has 0 atom stereocenters. The number of carbonyl (C=O) groups is 2. The van der Waals surface area contributed by atoms with Crippen LogP contribution < -0.4 is 4.74 Å². The number of ether oxygens (including phenoxy) is 2. The summed E-state index contributed by atoms with van der Waals surface area (Å²) in [5.41, 5.74) is 1.23. The van der Waals surface area contributed by atoms with Crippen LogP contribution in [0.5, 0.6) is 5.75 Å². The van der Waals surface area contributed by atoms with Crippen molar-refractivity contribution in [3.8, 4) is 5.75 Å². The van der Waals surface area contributed by atoms with Crippen LogP contribution in [0.3, 0.4) is 0 Å². The van der Waals surface area contributed by atoms with E-state index < -0.39 is 11.9 Å². The minimum atomic E-state index is -0.594. The molecule has 8 heteroatoms. The molecular weight excluding hydrogens is 501 g/mol. The van der Waals surface area contributed by atoms with Crippen LogP contribution in [0.1, 0.15) is 24.5 Å². The first-order valence-electron chi connectivity index (χ1n) is 7.85. The first-order valence-corrected chi connectivity index (χ1v) is 9.82. The molecule has 5 nitrogen and oxygen atoms in total. The quantitative estimate of drug-likeness (QED) is 0.307. The van der Waals surface area contributed by atoms with E-state index in [1.165, 1.54) is 6.08 Å². The van der Waals surface area contributed by atoms with Crippen LogP contribution in [-0.2, 0) is 14.3 Å². The van der Waals surface area contributed by atoms with Gasteiger partial charge in [0, 0.05) is 27.0 Å². The number of cyclic esters (lactones) is 1. The molecular formula is C19H12Br2ClNO4. The lowest BCUT2D eigenvalue weighted by Gasteiger charge is -2.10. The van der Waals surface area contributed by atoms with Crippen LogP contribution in [0, 0.1) is 0 Å². The number of rotatable bonds is 4. The van der Waals surface area contributed by atoms with Gasteiger partial charge in [-0.2, -0.15) is 0 Å². The zero-order valence-corrected chi connectivity index (χ0v) is 17.9. The fourth-order valence-corrected chi connectivity index (χ4v) is 3.72. The number of esters is 2. The Morgan fingerprint density at radius 1 is 1.26 bits per heavy atom. The Morgan fingerprint density at radius 2 is 1.96 bits per heavy atom. The fraction of sp³-hybridized carbons (Fsp3) is 0.105. The maximum absolute atomic E-state index is 12.2. The van der Waals surface area contributed by atoms with Gasteiger partial charge in [-0.15, -0.1) is 0 Å². The second-order valence-corrected chi connectivity index (χ2v) is 7.68. The van der Waals surface area contributed by atoms with Crippen LogP contribution >= 0.6 is 43.5 Å². The first kappa shape index (κ1) is 19.8. The summed E-state index contributed by atoms with van der Waals surface area (Å²) in [7, 11) is 0. The van der Waals surface area contributed by atoms with Crippen molar-refractivity contribution in [3.63, 3.8) is 0 Å². The van der Waals surface area contributed by atoms with Gasteiger partial charge in [-0.25, -0.2) is 9.79 Å². The number of nitrogens with zero attached hydrogens (tertiary/aromatic N) is 1. The number of carbonyl (C=O) groups excluding carboxylic acids is 2. The lowest BCUT2D eigenvalue weighted by molar-refractivity contribution is -0.134. The molecule has 0 unspecified atom stereocenters. The highest BCUT2D eigenvalue weighted by atomic mass is 79.9. The molecule has 0 N–H and O–H groups in total. The van der Waals surface area contributed by atoms with E-state index >= 15 is 0 Å². The highest BCUT2D eigenvalue weighted by molar-refractivity contribution is 9.11. The highest BCUT2D eigenvalue weighted by Gasteiger charge is 2.25. The number of hydrogen-bond acceptors (Lipinski definition) is 5. The van der Waals surface area contributed by atoms with Crippen molar-refractivity contribution in [1.82, 2.24) is 0 Å². The summed E-state index contributed by atoms with van der Waals surface area (Å²) in [6, 6.07) is 10.3. The Hall–Kier alpha value is -1.96. The predicted molar refractivity (Wildman–Crippen MR) is 110 cm³/mol. The summed E-state index contributed by atoms with van der Waals surface area (Å²) in [6.07, 6.45) is 1.73. The maximum atomic E-state index is 12.2. The normalized spacial score (nSPS) is 14.9. The van der Waals surface area contributed by atoms with E-state index in [1.54, 1.807) is 43.3 Å². The van der Waals surface area contributed by atoms with E-state index in [0.29, 0.717) is 26.4 Å². The lowest BCUT2D eigenvalue weighted by atomic mass is 10.1. The molecule has 2 aromatic rings. The van der Waals surface area contributed by atoms with E-state index in [-0.39, 0.29) is 18.0 Å². The minimum absolute atomic E-state index is 0.0961. The Labute approximate surface area is 177 Å². The molecule has 0 saturated heterocycles. The third-order valence-corrected chi connectivity index (χ3v) is 4.84. The second-order valence-electron chi connectivity index (χ2n) is 5.48. The average Bonchev–Trinajstić information content (AvgIpc) is 2.99. The number of aliphatic imine (C=N–C) groups is 1. The maximum Gasteiger partial charge on any atom is 0.363 e. The molecule has 0 radical (unpaired) electrons. The van der Waals surface area contributed by atoms with Crippen LogP contribution in [0.25, 0.3) is 6.08 Å². The Balaban J connectivity index is 2.01. The van der Waals surface area contributed by atoms with Crippen LogP contribution in [0.2, 0.25) is 5.02 Å². The molecule has 0 amide bonds. The number of halogens is 3. The molecule has 1 heterocycles. The molecule has 3 rings (SSSR count). The smallest absolute Gasteiger partial charge is 0.363 e. The molecule has 0 fully saturated rings. The van der Waals surface area contributed by atoms with E-state index in [2.05, 4.69) is 36.9 Å². The van der Waals surface area contributed by atoms with Gasteiger partial charge in [-0.1, -0.05) is 34.5 Å². The van der Waals surface area contributed by atoms with Gasteiger partial charge in [0.25, 0.3) is 0 Å². The van der Waals surface area contributed by atoms with Gasteiger partial charge in [-0.3, -0.25) is 4.79 Å². The number of benzene rings is 2.